The highest BCUT2D eigenvalue weighted by atomic mass is 16.5. The van der Waals surface area contributed by atoms with Crippen molar-refractivity contribution in [3.8, 4) is 0 Å². The zero-order chi connectivity index (χ0) is 11.4. The van der Waals surface area contributed by atoms with Gasteiger partial charge in [0, 0.05) is 38.2 Å². The molecule has 1 saturated heterocycles. The molecule has 1 aromatic heterocycles. The molecular weight excluding hydrogens is 202 g/mol. The Morgan fingerprint density at radius 1 is 1.44 bits per heavy atom. The first-order chi connectivity index (χ1) is 7.79. The monoisotopic (exact) mass is 221 g/mol. The van der Waals surface area contributed by atoms with Crippen LogP contribution in [-0.2, 0) is 11.3 Å². The van der Waals surface area contributed by atoms with Crippen LogP contribution in [-0.4, -0.2) is 41.2 Å². The van der Waals surface area contributed by atoms with Gasteiger partial charge in [-0.3, -0.25) is 4.90 Å². The molecule has 1 aliphatic rings. The van der Waals surface area contributed by atoms with Gasteiger partial charge in [0.2, 0.25) is 0 Å². The van der Waals surface area contributed by atoms with Crippen molar-refractivity contribution in [2.75, 3.05) is 20.2 Å². The highest BCUT2D eigenvalue weighted by molar-refractivity contribution is 5.02. The normalized spacial score (nSPS) is 26.9. The smallest absolute Gasteiger partial charge is 0.115 e. The quantitative estimate of drug-likeness (QED) is 0.772. The lowest BCUT2D eigenvalue weighted by Gasteiger charge is -2.36. The van der Waals surface area contributed by atoms with Crippen molar-refractivity contribution < 1.29 is 4.74 Å². The minimum absolute atomic E-state index is 0.360. The van der Waals surface area contributed by atoms with Gasteiger partial charge in [0.05, 0.1) is 6.10 Å². The van der Waals surface area contributed by atoms with Crippen molar-refractivity contribution >= 4 is 0 Å². The van der Waals surface area contributed by atoms with Crippen LogP contribution in [0, 0.1) is 5.92 Å². The Hall–Kier alpha value is -1.00. The topological polar surface area (TPSA) is 38.2 Å². The maximum absolute atomic E-state index is 5.50. The van der Waals surface area contributed by atoms with Crippen LogP contribution in [0.5, 0.6) is 0 Å². The summed E-state index contributed by atoms with van der Waals surface area (Å²) in [6.07, 6.45) is 6.89. The zero-order valence-corrected chi connectivity index (χ0v) is 9.97. The van der Waals surface area contributed by atoms with Crippen molar-refractivity contribution in [2.45, 2.75) is 26.0 Å². The molecule has 4 nitrogen and oxygen atoms in total. The van der Waals surface area contributed by atoms with Crippen LogP contribution in [0.1, 0.15) is 18.9 Å². The van der Waals surface area contributed by atoms with Gasteiger partial charge < -0.3 is 4.74 Å². The number of piperidine rings is 1. The average molecular weight is 221 g/mol. The summed E-state index contributed by atoms with van der Waals surface area (Å²) in [6, 6.07) is 0. The van der Waals surface area contributed by atoms with Gasteiger partial charge in [0.1, 0.15) is 6.33 Å². The van der Waals surface area contributed by atoms with Gasteiger partial charge in [-0.25, -0.2) is 9.97 Å². The van der Waals surface area contributed by atoms with Crippen LogP contribution in [0.15, 0.2) is 18.7 Å². The maximum atomic E-state index is 5.50. The van der Waals surface area contributed by atoms with Crippen molar-refractivity contribution in [1.82, 2.24) is 14.9 Å². The van der Waals surface area contributed by atoms with Crippen LogP contribution in [0.3, 0.4) is 0 Å². The number of ether oxygens (including phenoxy) is 1. The number of nitrogens with zero attached hydrogens (tertiary/aromatic N) is 3. The van der Waals surface area contributed by atoms with Crippen LogP contribution < -0.4 is 0 Å². The Morgan fingerprint density at radius 2 is 2.19 bits per heavy atom. The van der Waals surface area contributed by atoms with Crippen molar-refractivity contribution in [1.29, 1.82) is 0 Å². The molecule has 4 heteroatoms. The van der Waals surface area contributed by atoms with Gasteiger partial charge in [-0.2, -0.15) is 0 Å². The first-order valence-electron chi connectivity index (χ1n) is 5.78. The number of methoxy groups -OCH3 is 1. The molecule has 0 aromatic carbocycles. The van der Waals surface area contributed by atoms with E-state index in [9.17, 15) is 0 Å². The lowest BCUT2D eigenvalue weighted by Crippen LogP contribution is -2.43. The maximum Gasteiger partial charge on any atom is 0.115 e. The summed E-state index contributed by atoms with van der Waals surface area (Å²) in [7, 11) is 1.80. The third-order valence-electron chi connectivity index (χ3n) is 3.30. The largest absolute Gasteiger partial charge is 0.380 e. The number of likely N-dealkylation sites (tertiary alicyclic amines) is 1. The van der Waals surface area contributed by atoms with Gasteiger partial charge in [-0.05, 0) is 18.9 Å². The van der Waals surface area contributed by atoms with Crippen molar-refractivity contribution in [3.05, 3.63) is 24.3 Å². The first-order valence-corrected chi connectivity index (χ1v) is 5.78. The number of aromatic nitrogens is 2. The second kappa shape index (κ2) is 5.37. The summed E-state index contributed by atoms with van der Waals surface area (Å²) in [6.45, 7) is 5.33. The summed E-state index contributed by atoms with van der Waals surface area (Å²) in [4.78, 5) is 10.5. The van der Waals surface area contributed by atoms with Crippen LogP contribution in [0.4, 0.5) is 0 Å². The molecule has 0 saturated carbocycles. The van der Waals surface area contributed by atoms with E-state index >= 15 is 0 Å². The molecule has 0 spiro atoms. The SMILES string of the molecule is COC1CN(Cc2cncnc2)CCC1C. The van der Waals surface area contributed by atoms with E-state index in [2.05, 4.69) is 21.8 Å². The predicted octanol–water partition coefficient (Wildman–Crippen LogP) is 1.33. The van der Waals surface area contributed by atoms with Gasteiger partial charge in [0.15, 0.2) is 0 Å². The lowest BCUT2D eigenvalue weighted by atomic mass is 9.95. The third kappa shape index (κ3) is 2.77. The van der Waals surface area contributed by atoms with E-state index in [4.69, 9.17) is 4.74 Å². The van der Waals surface area contributed by atoms with E-state index in [1.165, 1.54) is 12.0 Å². The highest BCUT2D eigenvalue weighted by Crippen LogP contribution is 2.20. The Balaban J connectivity index is 1.92. The first kappa shape index (κ1) is 11.5. The second-order valence-electron chi connectivity index (χ2n) is 4.52. The molecule has 2 unspecified atom stereocenters. The minimum Gasteiger partial charge on any atom is -0.380 e. The molecule has 2 atom stereocenters. The van der Waals surface area contributed by atoms with E-state index in [-0.39, 0.29) is 0 Å². The van der Waals surface area contributed by atoms with Crippen molar-refractivity contribution in [2.24, 2.45) is 5.92 Å². The molecule has 2 rings (SSSR count). The summed E-state index contributed by atoms with van der Waals surface area (Å²) >= 11 is 0. The molecule has 0 aliphatic carbocycles. The molecular formula is C12H19N3O. The fourth-order valence-electron chi connectivity index (χ4n) is 2.22. The number of rotatable bonds is 3. The Labute approximate surface area is 96.7 Å². The summed E-state index contributed by atoms with van der Waals surface area (Å²) in [5, 5.41) is 0. The number of hydrogen-bond acceptors (Lipinski definition) is 4. The van der Waals surface area contributed by atoms with Gasteiger partial charge in [-0.15, -0.1) is 0 Å². The van der Waals surface area contributed by atoms with E-state index in [0.29, 0.717) is 12.0 Å². The fraction of sp³-hybridized carbons (Fsp3) is 0.667. The minimum atomic E-state index is 0.360. The van der Waals surface area contributed by atoms with Gasteiger partial charge >= 0.3 is 0 Å². The van der Waals surface area contributed by atoms with Crippen molar-refractivity contribution in [3.63, 3.8) is 0 Å². The Morgan fingerprint density at radius 3 is 2.88 bits per heavy atom. The molecule has 1 aromatic rings. The molecule has 1 fully saturated rings. The summed E-state index contributed by atoms with van der Waals surface area (Å²) in [5.41, 5.74) is 1.17. The predicted molar refractivity (Wildman–Crippen MR) is 61.9 cm³/mol. The van der Waals surface area contributed by atoms with Crippen LogP contribution in [0.2, 0.25) is 0 Å². The van der Waals surface area contributed by atoms with E-state index in [1.54, 1.807) is 13.4 Å². The molecule has 0 N–H and O–H groups in total. The molecule has 88 valence electrons. The fourth-order valence-corrected chi connectivity index (χ4v) is 2.22. The molecule has 1 aliphatic heterocycles. The molecule has 0 amide bonds. The molecule has 2 heterocycles. The highest BCUT2D eigenvalue weighted by Gasteiger charge is 2.25. The summed E-state index contributed by atoms with van der Waals surface area (Å²) < 4.78 is 5.50. The van der Waals surface area contributed by atoms with Crippen LogP contribution in [0.25, 0.3) is 0 Å². The van der Waals surface area contributed by atoms with E-state index < -0.39 is 0 Å². The average Bonchev–Trinajstić information content (AvgIpc) is 2.33. The summed E-state index contributed by atoms with van der Waals surface area (Å²) in [5.74, 6) is 0.660. The van der Waals surface area contributed by atoms with E-state index in [1.807, 2.05) is 12.4 Å². The molecule has 0 radical (unpaired) electrons. The Kier molecular flexibility index (Phi) is 3.85. The third-order valence-corrected chi connectivity index (χ3v) is 3.30. The van der Waals surface area contributed by atoms with Crippen LogP contribution >= 0.6 is 0 Å². The van der Waals surface area contributed by atoms with Gasteiger partial charge in [-0.1, -0.05) is 6.92 Å². The molecule has 0 bridgehead atoms. The number of hydrogen-bond donors (Lipinski definition) is 0. The zero-order valence-electron chi connectivity index (χ0n) is 9.97. The van der Waals surface area contributed by atoms with E-state index in [0.717, 1.165) is 19.6 Å². The molecule has 16 heavy (non-hydrogen) atoms. The lowest BCUT2D eigenvalue weighted by molar-refractivity contribution is -0.00750. The van der Waals surface area contributed by atoms with Gasteiger partial charge in [0.25, 0.3) is 0 Å². The Bertz CT molecular complexity index is 317. The standard InChI is InChI=1S/C12H19N3O/c1-10-3-4-15(8-12(10)16-2)7-11-5-13-9-14-6-11/h5-6,9-10,12H,3-4,7-8H2,1-2H3. The second-order valence-corrected chi connectivity index (χ2v) is 4.52.